The highest BCUT2D eigenvalue weighted by Crippen LogP contribution is 2.23. The molecule has 1 aliphatic heterocycles. The van der Waals surface area contributed by atoms with Crippen LogP contribution in [0, 0.1) is 0 Å². The lowest BCUT2D eigenvalue weighted by atomic mass is 10.2. The molecule has 1 heterocycles. The second kappa shape index (κ2) is 8.13. The number of hydrogen-bond acceptors (Lipinski definition) is 6. The lowest BCUT2D eigenvalue weighted by Crippen LogP contribution is -2.37. The largest absolute Gasteiger partial charge is 0.497 e. The summed E-state index contributed by atoms with van der Waals surface area (Å²) in [5, 5.41) is 4.98. The highest BCUT2D eigenvalue weighted by atomic mass is 16.5. The topological polar surface area (TPSA) is 114 Å². The summed E-state index contributed by atoms with van der Waals surface area (Å²) in [6, 6.07) is 4.87. The predicted molar refractivity (Wildman–Crippen MR) is 87.1 cm³/mol. The molecule has 0 bridgehead atoms. The zero-order chi connectivity index (χ0) is 18.4. The minimum atomic E-state index is -0.951. The Morgan fingerprint density at radius 1 is 1.20 bits per heavy atom. The van der Waals surface area contributed by atoms with E-state index in [1.165, 1.54) is 14.2 Å². The van der Waals surface area contributed by atoms with Crippen molar-refractivity contribution in [3.63, 3.8) is 0 Å². The van der Waals surface area contributed by atoms with Crippen molar-refractivity contribution in [2.24, 2.45) is 0 Å². The fraction of sp³-hybridized carbons (Fsp3) is 0.375. The number of carbonyl (C=O) groups excluding carboxylic acids is 4. The molecule has 0 aromatic heterocycles. The molecule has 0 spiro atoms. The minimum absolute atomic E-state index is 0.0329. The van der Waals surface area contributed by atoms with Gasteiger partial charge in [-0.3, -0.25) is 14.4 Å². The zero-order valence-corrected chi connectivity index (χ0v) is 13.9. The van der Waals surface area contributed by atoms with Gasteiger partial charge in [-0.05, 0) is 24.3 Å². The minimum Gasteiger partial charge on any atom is -0.497 e. The standard InChI is InChI=1S/C16H19N3O6/c1-24-11-5-3-10(4-6-11)19-15(22)12(18-16(19)23)9-13(20)17-8-7-14(21)25-2/h3-6,12H,7-9H2,1-2H3,(H,17,20)(H,18,23)/t12-/m0/s1. The van der Waals surface area contributed by atoms with E-state index in [2.05, 4.69) is 15.4 Å². The van der Waals surface area contributed by atoms with E-state index in [4.69, 9.17) is 4.74 Å². The fourth-order valence-electron chi connectivity index (χ4n) is 2.31. The van der Waals surface area contributed by atoms with Crippen molar-refractivity contribution >= 4 is 29.5 Å². The molecule has 0 aliphatic carbocycles. The van der Waals surface area contributed by atoms with Crippen LogP contribution in [0.5, 0.6) is 5.75 Å². The average molecular weight is 349 g/mol. The number of anilines is 1. The molecule has 1 aromatic carbocycles. The number of nitrogens with zero attached hydrogens (tertiary/aromatic N) is 1. The third-order valence-electron chi connectivity index (χ3n) is 3.62. The molecule has 0 unspecified atom stereocenters. The average Bonchev–Trinajstić information content (AvgIpc) is 2.88. The Kier molecular flexibility index (Phi) is 5.93. The van der Waals surface area contributed by atoms with Crippen LogP contribution in [0.4, 0.5) is 10.5 Å². The van der Waals surface area contributed by atoms with Gasteiger partial charge in [-0.15, -0.1) is 0 Å². The van der Waals surface area contributed by atoms with Crippen LogP contribution < -0.4 is 20.3 Å². The van der Waals surface area contributed by atoms with E-state index >= 15 is 0 Å². The summed E-state index contributed by atoms with van der Waals surface area (Å²) in [5.41, 5.74) is 0.386. The van der Waals surface area contributed by atoms with E-state index < -0.39 is 29.9 Å². The molecule has 2 N–H and O–H groups in total. The van der Waals surface area contributed by atoms with E-state index in [1.807, 2.05) is 0 Å². The van der Waals surface area contributed by atoms with E-state index in [0.717, 1.165) is 4.90 Å². The molecule has 4 amide bonds. The smallest absolute Gasteiger partial charge is 0.329 e. The number of imide groups is 1. The monoisotopic (exact) mass is 349 g/mol. The molecular formula is C16H19N3O6. The van der Waals surface area contributed by atoms with Crippen LogP contribution in [0.25, 0.3) is 0 Å². The third kappa shape index (κ3) is 4.46. The Morgan fingerprint density at radius 3 is 2.48 bits per heavy atom. The first kappa shape index (κ1) is 18.2. The number of benzene rings is 1. The van der Waals surface area contributed by atoms with Crippen molar-refractivity contribution in [2.75, 3.05) is 25.7 Å². The van der Waals surface area contributed by atoms with Gasteiger partial charge in [0.15, 0.2) is 0 Å². The molecule has 2 rings (SSSR count). The van der Waals surface area contributed by atoms with Gasteiger partial charge in [-0.2, -0.15) is 0 Å². The van der Waals surface area contributed by atoms with E-state index in [-0.39, 0.29) is 19.4 Å². The van der Waals surface area contributed by atoms with Crippen molar-refractivity contribution in [1.82, 2.24) is 10.6 Å². The van der Waals surface area contributed by atoms with Gasteiger partial charge in [0, 0.05) is 6.54 Å². The maximum atomic E-state index is 12.4. The van der Waals surface area contributed by atoms with Gasteiger partial charge in [0.05, 0.1) is 32.7 Å². The molecule has 1 saturated heterocycles. The van der Waals surface area contributed by atoms with Crippen LogP contribution in [0.2, 0.25) is 0 Å². The number of methoxy groups -OCH3 is 2. The quantitative estimate of drug-likeness (QED) is 0.536. The highest BCUT2D eigenvalue weighted by molar-refractivity contribution is 6.22. The molecule has 1 aliphatic rings. The zero-order valence-electron chi connectivity index (χ0n) is 13.9. The summed E-state index contributed by atoms with van der Waals surface area (Å²) in [5.74, 6) is -0.814. The van der Waals surface area contributed by atoms with Gasteiger partial charge >= 0.3 is 12.0 Å². The highest BCUT2D eigenvalue weighted by Gasteiger charge is 2.39. The molecule has 9 nitrogen and oxygen atoms in total. The van der Waals surface area contributed by atoms with Crippen molar-refractivity contribution < 1.29 is 28.7 Å². The Bertz CT molecular complexity index is 673. The first-order chi connectivity index (χ1) is 12.0. The molecule has 1 atom stereocenters. The Balaban J connectivity index is 1.93. The summed E-state index contributed by atoms with van der Waals surface area (Å²) < 4.78 is 9.49. The van der Waals surface area contributed by atoms with Crippen LogP contribution in [0.1, 0.15) is 12.8 Å². The maximum absolute atomic E-state index is 12.4. The number of rotatable bonds is 7. The van der Waals surface area contributed by atoms with Gasteiger partial charge in [0.2, 0.25) is 5.91 Å². The Hall–Kier alpha value is -3.10. The lowest BCUT2D eigenvalue weighted by molar-refractivity contribution is -0.140. The fourth-order valence-corrected chi connectivity index (χ4v) is 2.31. The van der Waals surface area contributed by atoms with Crippen LogP contribution in [-0.2, 0) is 19.1 Å². The number of hydrogen-bond donors (Lipinski definition) is 2. The molecular weight excluding hydrogens is 330 g/mol. The van der Waals surface area contributed by atoms with Gasteiger partial charge < -0.3 is 20.1 Å². The molecule has 0 radical (unpaired) electrons. The Morgan fingerprint density at radius 2 is 1.88 bits per heavy atom. The predicted octanol–water partition coefficient (Wildman–Crippen LogP) is 0.189. The first-order valence-electron chi connectivity index (χ1n) is 7.58. The Labute approximate surface area is 144 Å². The first-order valence-corrected chi connectivity index (χ1v) is 7.58. The molecule has 25 heavy (non-hydrogen) atoms. The number of ether oxygens (including phenoxy) is 2. The maximum Gasteiger partial charge on any atom is 0.329 e. The normalized spacial score (nSPS) is 16.4. The van der Waals surface area contributed by atoms with Crippen molar-refractivity contribution in [3.8, 4) is 5.75 Å². The van der Waals surface area contributed by atoms with Gasteiger partial charge in [-0.25, -0.2) is 9.69 Å². The second-order valence-corrected chi connectivity index (χ2v) is 5.25. The molecule has 1 fully saturated rings. The van der Waals surface area contributed by atoms with Gasteiger partial charge in [0.1, 0.15) is 11.8 Å². The van der Waals surface area contributed by atoms with Crippen LogP contribution in [0.15, 0.2) is 24.3 Å². The van der Waals surface area contributed by atoms with Gasteiger partial charge in [-0.1, -0.05) is 0 Å². The SMILES string of the molecule is COC(=O)CCNC(=O)C[C@@H]1NC(=O)N(c2ccc(OC)cc2)C1=O. The number of esters is 1. The van der Waals surface area contributed by atoms with Crippen LogP contribution in [-0.4, -0.2) is 50.6 Å². The number of carbonyl (C=O) groups is 4. The summed E-state index contributed by atoms with van der Waals surface area (Å²) in [6.07, 6.45) is -0.177. The van der Waals surface area contributed by atoms with Crippen molar-refractivity contribution in [1.29, 1.82) is 0 Å². The van der Waals surface area contributed by atoms with Crippen molar-refractivity contribution in [2.45, 2.75) is 18.9 Å². The van der Waals surface area contributed by atoms with E-state index in [9.17, 15) is 19.2 Å². The molecule has 134 valence electrons. The van der Waals surface area contributed by atoms with Crippen molar-refractivity contribution in [3.05, 3.63) is 24.3 Å². The number of urea groups is 1. The number of nitrogens with one attached hydrogen (secondary N) is 2. The third-order valence-corrected chi connectivity index (χ3v) is 3.62. The van der Waals surface area contributed by atoms with Crippen LogP contribution in [0.3, 0.4) is 0 Å². The summed E-state index contributed by atoms with van der Waals surface area (Å²) in [7, 11) is 2.77. The number of amides is 4. The van der Waals surface area contributed by atoms with Crippen LogP contribution >= 0.6 is 0 Å². The summed E-state index contributed by atoms with van der Waals surface area (Å²) in [4.78, 5) is 48.2. The summed E-state index contributed by atoms with van der Waals surface area (Å²) >= 11 is 0. The lowest BCUT2D eigenvalue weighted by Gasteiger charge is -2.13. The molecule has 0 saturated carbocycles. The summed E-state index contributed by atoms with van der Waals surface area (Å²) in [6.45, 7) is 0.0998. The molecule has 1 aromatic rings. The van der Waals surface area contributed by atoms with E-state index in [1.54, 1.807) is 24.3 Å². The molecule has 9 heteroatoms. The van der Waals surface area contributed by atoms with Gasteiger partial charge in [0.25, 0.3) is 5.91 Å². The van der Waals surface area contributed by atoms with E-state index in [0.29, 0.717) is 11.4 Å². The second-order valence-electron chi connectivity index (χ2n) is 5.25.